The third kappa shape index (κ3) is 3.19. The summed E-state index contributed by atoms with van der Waals surface area (Å²) in [6, 6.07) is 7.47. The number of hydrogen-bond acceptors (Lipinski definition) is 3. The molecule has 5 heteroatoms. The average molecular weight is 316 g/mol. The smallest absolute Gasteiger partial charge is 0.245 e. The fraction of sp³-hybridized carbons (Fsp3) is 0.556. The zero-order valence-electron chi connectivity index (χ0n) is 13.8. The first-order valence-electron chi connectivity index (χ1n) is 8.42. The van der Waals surface area contributed by atoms with Gasteiger partial charge in [0.15, 0.2) is 0 Å². The number of nitrogens with zero attached hydrogens (tertiary/aromatic N) is 2. The van der Waals surface area contributed by atoms with Crippen molar-refractivity contribution in [3.05, 3.63) is 29.8 Å². The van der Waals surface area contributed by atoms with Crippen LogP contribution in [-0.4, -0.2) is 53.4 Å². The van der Waals surface area contributed by atoms with Crippen LogP contribution in [0.1, 0.15) is 32.3 Å². The van der Waals surface area contributed by atoms with Crippen molar-refractivity contribution in [3.8, 4) is 5.75 Å². The quantitative estimate of drug-likeness (QED) is 0.852. The molecule has 124 valence electrons. The highest BCUT2D eigenvalue weighted by atomic mass is 16.5. The van der Waals surface area contributed by atoms with Gasteiger partial charge < -0.3 is 14.5 Å². The molecule has 5 nitrogen and oxygen atoms in total. The Hall–Kier alpha value is -2.04. The van der Waals surface area contributed by atoms with E-state index in [1.165, 1.54) is 0 Å². The largest absolute Gasteiger partial charge is 0.494 e. The third-order valence-electron chi connectivity index (χ3n) is 4.80. The Morgan fingerprint density at radius 1 is 1.30 bits per heavy atom. The van der Waals surface area contributed by atoms with E-state index in [-0.39, 0.29) is 23.9 Å². The lowest BCUT2D eigenvalue weighted by Crippen LogP contribution is -2.60. The van der Waals surface area contributed by atoms with Crippen molar-refractivity contribution in [1.82, 2.24) is 9.80 Å². The van der Waals surface area contributed by atoms with Gasteiger partial charge in [0.25, 0.3) is 0 Å². The molecule has 2 atom stereocenters. The normalized spacial score (nSPS) is 23.8. The van der Waals surface area contributed by atoms with E-state index in [2.05, 4.69) is 0 Å². The first-order chi connectivity index (χ1) is 11.1. The van der Waals surface area contributed by atoms with E-state index < -0.39 is 0 Å². The van der Waals surface area contributed by atoms with Crippen molar-refractivity contribution < 1.29 is 14.3 Å². The van der Waals surface area contributed by atoms with E-state index in [1.54, 1.807) is 4.90 Å². The van der Waals surface area contributed by atoms with Gasteiger partial charge in [-0.25, -0.2) is 0 Å². The van der Waals surface area contributed by atoms with Gasteiger partial charge in [0.05, 0.1) is 13.0 Å². The monoisotopic (exact) mass is 316 g/mol. The predicted octanol–water partition coefficient (Wildman–Crippen LogP) is 1.85. The number of ether oxygens (including phenoxy) is 1. The fourth-order valence-corrected chi connectivity index (χ4v) is 3.54. The lowest BCUT2D eigenvalue weighted by Gasteiger charge is -2.41. The fourth-order valence-electron chi connectivity index (χ4n) is 3.54. The van der Waals surface area contributed by atoms with Crippen LogP contribution in [0.3, 0.4) is 0 Å². The van der Waals surface area contributed by atoms with E-state index in [0.29, 0.717) is 19.6 Å². The van der Waals surface area contributed by atoms with Crippen LogP contribution < -0.4 is 4.74 Å². The maximum absolute atomic E-state index is 12.6. The zero-order valence-corrected chi connectivity index (χ0v) is 13.8. The molecule has 0 radical (unpaired) electrons. The highest BCUT2D eigenvalue weighted by Gasteiger charge is 2.41. The summed E-state index contributed by atoms with van der Waals surface area (Å²) in [7, 11) is 0. The Balaban J connectivity index is 1.66. The molecule has 0 spiro atoms. The minimum Gasteiger partial charge on any atom is -0.494 e. The van der Waals surface area contributed by atoms with Gasteiger partial charge in [-0.2, -0.15) is 0 Å². The molecule has 2 saturated heterocycles. The molecule has 0 aromatic heterocycles. The number of carbonyl (C=O) groups is 2. The van der Waals surface area contributed by atoms with Crippen LogP contribution in [0, 0.1) is 0 Å². The minimum atomic E-state index is -0.348. The van der Waals surface area contributed by atoms with Crippen LogP contribution in [0.5, 0.6) is 5.75 Å². The third-order valence-corrected chi connectivity index (χ3v) is 4.80. The number of rotatable bonds is 4. The maximum atomic E-state index is 12.6. The molecule has 23 heavy (non-hydrogen) atoms. The summed E-state index contributed by atoms with van der Waals surface area (Å²) in [6.45, 7) is 5.92. The Bertz CT molecular complexity index is 584. The van der Waals surface area contributed by atoms with Crippen LogP contribution in [-0.2, 0) is 16.0 Å². The maximum Gasteiger partial charge on any atom is 0.245 e. The number of piperazine rings is 1. The lowest BCUT2D eigenvalue weighted by atomic mass is 10.0. The number of hydrogen-bond donors (Lipinski definition) is 0. The summed E-state index contributed by atoms with van der Waals surface area (Å²) >= 11 is 0. The first-order valence-corrected chi connectivity index (χ1v) is 8.42. The zero-order chi connectivity index (χ0) is 16.4. The molecule has 0 bridgehead atoms. The second-order valence-electron chi connectivity index (χ2n) is 6.30. The number of carbonyl (C=O) groups excluding carboxylic acids is 2. The Morgan fingerprint density at radius 3 is 2.74 bits per heavy atom. The molecule has 0 unspecified atom stereocenters. The van der Waals surface area contributed by atoms with Crippen LogP contribution >= 0.6 is 0 Å². The predicted molar refractivity (Wildman–Crippen MR) is 87.2 cm³/mol. The summed E-state index contributed by atoms with van der Waals surface area (Å²) in [5.74, 6) is 0.937. The Labute approximate surface area is 137 Å². The standard InChI is InChI=1S/C18H24N2O3/c1-3-23-16-8-6-14(7-9-16)11-17(21)20-12-15-5-4-10-19(15)18(22)13(20)2/h6-9,13,15H,3-5,10-12H2,1-2H3/t13-,15+/m0/s1. The van der Waals surface area contributed by atoms with Crippen LogP contribution in [0.4, 0.5) is 0 Å². The molecule has 2 fully saturated rings. The molecule has 1 aromatic rings. The second-order valence-corrected chi connectivity index (χ2v) is 6.30. The van der Waals surface area contributed by atoms with Gasteiger partial charge in [-0.05, 0) is 44.4 Å². The van der Waals surface area contributed by atoms with E-state index in [1.807, 2.05) is 43.0 Å². The molecule has 2 aliphatic rings. The molecule has 1 aromatic carbocycles. The van der Waals surface area contributed by atoms with Crippen molar-refractivity contribution in [2.24, 2.45) is 0 Å². The average Bonchev–Trinajstić information content (AvgIpc) is 3.01. The molecule has 0 saturated carbocycles. The van der Waals surface area contributed by atoms with Crippen LogP contribution in [0.25, 0.3) is 0 Å². The summed E-state index contributed by atoms with van der Waals surface area (Å²) < 4.78 is 5.42. The topological polar surface area (TPSA) is 49.9 Å². The Morgan fingerprint density at radius 2 is 2.04 bits per heavy atom. The molecule has 2 aliphatic heterocycles. The SMILES string of the molecule is CCOc1ccc(CC(=O)N2C[C@H]3CCCN3C(=O)[C@@H]2C)cc1. The van der Waals surface area contributed by atoms with Crippen LogP contribution in [0.2, 0.25) is 0 Å². The summed E-state index contributed by atoms with van der Waals surface area (Å²) in [5.41, 5.74) is 0.951. The lowest BCUT2D eigenvalue weighted by molar-refractivity contribution is -0.152. The van der Waals surface area contributed by atoms with Crippen molar-refractivity contribution in [1.29, 1.82) is 0 Å². The van der Waals surface area contributed by atoms with Gasteiger partial charge in [0.1, 0.15) is 11.8 Å². The first kappa shape index (κ1) is 15.8. The molecule has 2 heterocycles. The highest BCUT2D eigenvalue weighted by Crippen LogP contribution is 2.26. The van der Waals surface area contributed by atoms with Gasteiger partial charge in [0.2, 0.25) is 11.8 Å². The second kappa shape index (κ2) is 6.60. The van der Waals surface area contributed by atoms with E-state index in [9.17, 15) is 9.59 Å². The number of fused-ring (bicyclic) bond motifs is 1. The molecular weight excluding hydrogens is 292 g/mol. The molecule has 0 N–H and O–H groups in total. The minimum absolute atomic E-state index is 0.0292. The number of benzene rings is 1. The summed E-state index contributed by atoms with van der Waals surface area (Å²) in [6.07, 6.45) is 2.38. The summed E-state index contributed by atoms with van der Waals surface area (Å²) in [5, 5.41) is 0. The van der Waals surface area contributed by atoms with Gasteiger partial charge in [-0.15, -0.1) is 0 Å². The van der Waals surface area contributed by atoms with Crippen LogP contribution in [0.15, 0.2) is 24.3 Å². The van der Waals surface area contributed by atoms with Gasteiger partial charge in [0, 0.05) is 19.1 Å². The van der Waals surface area contributed by atoms with Gasteiger partial charge in [-0.1, -0.05) is 12.1 Å². The van der Waals surface area contributed by atoms with Crippen molar-refractivity contribution in [2.45, 2.75) is 45.2 Å². The van der Waals surface area contributed by atoms with Crippen molar-refractivity contribution in [3.63, 3.8) is 0 Å². The molecule has 3 rings (SSSR count). The number of amides is 2. The molecular formula is C18H24N2O3. The van der Waals surface area contributed by atoms with E-state index >= 15 is 0 Å². The van der Waals surface area contributed by atoms with Gasteiger partial charge in [-0.3, -0.25) is 9.59 Å². The van der Waals surface area contributed by atoms with Crippen molar-refractivity contribution in [2.75, 3.05) is 19.7 Å². The molecule has 0 aliphatic carbocycles. The highest BCUT2D eigenvalue weighted by molar-refractivity contribution is 5.89. The van der Waals surface area contributed by atoms with E-state index in [0.717, 1.165) is 30.7 Å². The Kier molecular flexibility index (Phi) is 4.55. The van der Waals surface area contributed by atoms with Crippen molar-refractivity contribution >= 4 is 11.8 Å². The van der Waals surface area contributed by atoms with Gasteiger partial charge >= 0.3 is 0 Å². The van der Waals surface area contributed by atoms with E-state index in [4.69, 9.17) is 4.74 Å². The molecule has 2 amide bonds. The summed E-state index contributed by atoms with van der Waals surface area (Å²) in [4.78, 5) is 28.8.